The molecule has 0 saturated carbocycles. The average molecular weight is 683 g/mol. The first-order valence-corrected chi connectivity index (χ1v) is 14.1. The zero-order valence-electron chi connectivity index (χ0n) is 24.8. The summed E-state index contributed by atoms with van der Waals surface area (Å²) in [5, 5.41) is 51.6. The minimum Gasteiger partial charge on any atom is -0.872 e. The van der Waals surface area contributed by atoms with Gasteiger partial charge in [0.1, 0.15) is 16.3 Å². The Morgan fingerprint density at radius 1 is 0.870 bits per heavy atom. The SMILES string of the molecule is COc1cc(N=Nc2ccc(Cl)c(S(=O)(=O)O)c2)c(C)cc1N=C(O)Nc1ccc(N=Nc2ccc([O-])c(C(=O)[O-])c2)cc1.[Na+].[Na+]. The number of anilines is 1. The molecule has 0 bridgehead atoms. The van der Waals surface area contributed by atoms with Crippen molar-refractivity contribution in [1.29, 1.82) is 0 Å². The van der Waals surface area contributed by atoms with E-state index in [0.717, 1.165) is 18.2 Å². The normalized spacial score (nSPS) is 11.6. The fourth-order valence-corrected chi connectivity index (χ4v) is 4.62. The van der Waals surface area contributed by atoms with Gasteiger partial charge < -0.3 is 30.2 Å². The van der Waals surface area contributed by atoms with Crippen molar-refractivity contribution in [3.05, 3.63) is 88.9 Å². The smallest absolute Gasteiger partial charge is 0.872 e. The van der Waals surface area contributed by atoms with Gasteiger partial charge in [0.05, 0.1) is 40.9 Å². The molecule has 0 unspecified atom stereocenters. The van der Waals surface area contributed by atoms with E-state index in [-0.39, 0.29) is 86.9 Å². The fraction of sp³-hybridized carbons (Fsp3) is 0.0714. The van der Waals surface area contributed by atoms with Gasteiger partial charge in [-0.05, 0) is 78.7 Å². The van der Waals surface area contributed by atoms with Gasteiger partial charge in [0.15, 0.2) is 0 Å². The van der Waals surface area contributed by atoms with Crippen molar-refractivity contribution >= 4 is 67.8 Å². The molecule has 0 spiro atoms. The first-order chi connectivity index (χ1) is 20.8. The first-order valence-electron chi connectivity index (χ1n) is 12.3. The van der Waals surface area contributed by atoms with Crippen molar-refractivity contribution in [3.8, 4) is 11.5 Å². The van der Waals surface area contributed by atoms with Crippen LogP contribution in [0.25, 0.3) is 0 Å². The number of methoxy groups -OCH3 is 1. The Morgan fingerprint density at radius 3 is 2.09 bits per heavy atom. The maximum atomic E-state index is 11.5. The number of hydrogen-bond acceptors (Lipinski definition) is 11. The van der Waals surface area contributed by atoms with Gasteiger partial charge in [0.2, 0.25) is 0 Å². The van der Waals surface area contributed by atoms with E-state index in [1.54, 1.807) is 37.3 Å². The molecule has 0 aliphatic rings. The van der Waals surface area contributed by atoms with E-state index in [1.165, 1.54) is 31.4 Å². The minimum absolute atomic E-state index is 0. The summed E-state index contributed by atoms with van der Waals surface area (Å²) >= 11 is 5.83. The van der Waals surface area contributed by atoms with E-state index in [4.69, 9.17) is 16.3 Å². The number of aryl methyl sites for hydroxylation is 1. The fourth-order valence-electron chi connectivity index (χ4n) is 3.62. The van der Waals surface area contributed by atoms with Gasteiger partial charge in [0.25, 0.3) is 16.1 Å². The number of azo groups is 2. The summed E-state index contributed by atoms with van der Waals surface area (Å²) in [6.45, 7) is 1.71. The number of aromatic carboxylic acids is 1. The number of carboxylic acid groups (broad SMARTS) is 1. The number of nitrogens with one attached hydrogen (secondary N) is 1. The molecule has 3 N–H and O–H groups in total. The Kier molecular flexibility index (Phi) is 14.3. The molecule has 46 heavy (non-hydrogen) atoms. The molecule has 0 amide bonds. The van der Waals surface area contributed by atoms with Gasteiger partial charge in [-0.3, -0.25) is 4.55 Å². The molecule has 0 heterocycles. The molecule has 4 aromatic carbocycles. The number of carboxylic acids is 1. The third-order valence-corrected chi connectivity index (χ3v) is 7.11. The van der Waals surface area contributed by atoms with E-state index in [2.05, 4.69) is 30.8 Å². The molecule has 14 nitrogen and oxygen atoms in total. The quantitative estimate of drug-likeness (QED) is 0.0701. The summed E-state index contributed by atoms with van der Waals surface area (Å²) in [6.07, 6.45) is 0. The topological polar surface area (TPSA) is 221 Å². The van der Waals surface area contributed by atoms with Gasteiger partial charge in [0, 0.05) is 11.8 Å². The third-order valence-electron chi connectivity index (χ3n) is 5.78. The number of amidine groups is 1. The number of aliphatic hydroxyl groups is 1. The largest absolute Gasteiger partial charge is 1.00 e. The van der Waals surface area contributed by atoms with Crippen LogP contribution in [0.3, 0.4) is 0 Å². The second-order valence-corrected chi connectivity index (χ2v) is 10.7. The molecule has 226 valence electrons. The van der Waals surface area contributed by atoms with Crippen LogP contribution >= 0.6 is 11.6 Å². The van der Waals surface area contributed by atoms with Crippen LogP contribution in [0.4, 0.5) is 34.1 Å². The van der Waals surface area contributed by atoms with Crippen LogP contribution in [0.5, 0.6) is 11.5 Å². The van der Waals surface area contributed by atoms with Crippen molar-refractivity contribution < 1.29 is 96.9 Å². The zero-order valence-corrected chi connectivity index (χ0v) is 30.4. The Hall–Kier alpha value is -3.38. The number of carbonyl (C=O) groups excluding carboxylic acids is 1. The Labute approximate surface area is 312 Å². The number of hydrogen-bond donors (Lipinski definition) is 3. The zero-order chi connectivity index (χ0) is 32.0. The van der Waals surface area contributed by atoms with Crippen molar-refractivity contribution in [1.82, 2.24) is 0 Å². The van der Waals surface area contributed by atoms with Crippen molar-refractivity contribution in [2.75, 3.05) is 12.4 Å². The third kappa shape index (κ3) is 10.3. The number of aliphatic hydroxyl groups excluding tert-OH is 1. The Bertz CT molecular complexity index is 1940. The summed E-state index contributed by atoms with van der Waals surface area (Å²) < 4.78 is 37.7. The van der Waals surface area contributed by atoms with Crippen LogP contribution in [0.15, 0.2) is 103 Å². The molecule has 0 fully saturated rings. The van der Waals surface area contributed by atoms with Gasteiger partial charge in [-0.2, -0.15) is 33.9 Å². The van der Waals surface area contributed by atoms with Crippen LogP contribution < -0.4 is 79.4 Å². The van der Waals surface area contributed by atoms with E-state index in [9.17, 15) is 33.1 Å². The van der Waals surface area contributed by atoms with Crippen LogP contribution in [-0.4, -0.2) is 37.2 Å². The molecule has 0 saturated heterocycles. The maximum Gasteiger partial charge on any atom is 1.00 e. The molecule has 0 aliphatic heterocycles. The predicted octanol–water partition coefficient (Wildman–Crippen LogP) is -0.163. The first kappa shape index (κ1) is 38.8. The summed E-state index contributed by atoms with van der Waals surface area (Å²) in [5.74, 6) is -2.05. The minimum atomic E-state index is -4.55. The second kappa shape index (κ2) is 17.0. The predicted molar refractivity (Wildman–Crippen MR) is 157 cm³/mol. The standard InChI is InChI=1S/C28H23ClN6O8S.2Na/c1-15-11-23(25(43-2)14-22(15)35-34-19-7-9-21(29)26(13-19)44(40,41)42)31-28(39)30-16-3-5-17(6-4-16)32-33-18-8-10-24(36)20(12-18)27(37)38;;/h3-14,36H,1-2H3,(H,37,38)(H2,30,31,39)(H,40,41,42);;/q;2*+1/p-2. The van der Waals surface area contributed by atoms with E-state index in [1.807, 2.05) is 0 Å². The second-order valence-electron chi connectivity index (χ2n) is 8.88. The molecule has 4 aromatic rings. The maximum absolute atomic E-state index is 11.5. The van der Waals surface area contributed by atoms with Gasteiger partial charge in [-0.15, -0.1) is 0 Å². The van der Waals surface area contributed by atoms with E-state index >= 15 is 0 Å². The molecule has 0 aromatic heterocycles. The van der Waals surface area contributed by atoms with Crippen LogP contribution in [0, 0.1) is 6.92 Å². The number of ether oxygens (including phenoxy) is 1. The van der Waals surface area contributed by atoms with Crippen molar-refractivity contribution in [2.24, 2.45) is 25.4 Å². The molecule has 4 rings (SSSR count). The van der Waals surface area contributed by atoms with Crippen molar-refractivity contribution in [3.63, 3.8) is 0 Å². The molecular weight excluding hydrogens is 662 g/mol. The molecular formula is C28H21ClN6Na2O8S. The van der Waals surface area contributed by atoms with Crippen molar-refractivity contribution in [2.45, 2.75) is 11.8 Å². The van der Waals surface area contributed by atoms with Crippen LogP contribution in [-0.2, 0) is 10.1 Å². The van der Waals surface area contributed by atoms with E-state index in [0.29, 0.717) is 22.6 Å². The number of aliphatic imine (C=N–C) groups is 1. The number of rotatable bonds is 9. The number of halogens is 1. The Balaban J connectivity index is 0.00000368. The number of benzene rings is 4. The average Bonchev–Trinajstić information content (AvgIpc) is 2.97. The van der Waals surface area contributed by atoms with Gasteiger partial charge in [-0.1, -0.05) is 23.4 Å². The summed E-state index contributed by atoms with van der Waals surface area (Å²) in [4.78, 5) is 14.7. The molecule has 0 atom stereocenters. The van der Waals surface area contributed by atoms with Gasteiger partial charge in [-0.25, -0.2) is 0 Å². The number of nitrogens with zero attached hydrogens (tertiary/aromatic N) is 5. The molecule has 0 radical (unpaired) electrons. The summed E-state index contributed by atoms with van der Waals surface area (Å²) in [6, 6.07) is 16.2. The summed E-state index contributed by atoms with van der Waals surface area (Å²) in [5.41, 5.74) is 1.84. The molecule has 0 aliphatic carbocycles. The van der Waals surface area contributed by atoms with E-state index < -0.39 is 38.3 Å². The molecule has 18 heteroatoms. The summed E-state index contributed by atoms with van der Waals surface area (Å²) in [7, 11) is -3.15. The Morgan fingerprint density at radius 2 is 1.46 bits per heavy atom. The van der Waals surface area contributed by atoms with Crippen LogP contribution in [0.1, 0.15) is 15.9 Å². The monoisotopic (exact) mass is 682 g/mol. The van der Waals surface area contributed by atoms with Gasteiger partial charge >= 0.3 is 59.1 Å². The number of carbonyl (C=O) groups is 1. The van der Waals surface area contributed by atoms with Crippen LogP contribution in [0.2, 0.25) is 5.02 Å².